The average molecular weight is 410 g/mol. The maximum absolute atomic E-state index is 12.9. The van der Waals surface area contributed by atoms with E-state index in [1.165, 1.54) is 5.56 Å². The van der Waals surface area contributed by atoms with Gasteiger partial charge in [0.05, 0.1) is 6.04 Å². The highest BCUT2D eigenvalue weighted by molar-refractivity contribution is 5.89. The molecule has 160 valence electrons. The molecular weight excluding hydrogens is 378 g/mol. The second-order valence-electron chi connectivity index (χ2n) is 8.06. The van der Waals surface area contributed by atoms with E-state index in [2.05, 4.69) is 32.7 Å². The highest BCUT2D eigenvalue weighted by Gasteiger charge is 2.33. The number of benzene rings is 1. The van der Waals surface area contributed by atoms with Crippen molar-refractivity contribution in [3.63, 3.8) is 0 Å². The number of amides is 2. The first-order valence-electron chi connectivity index (χ1n) is 10.4. The predicted octanol–water partition coefficient (Wildman–Crippen LogP) is 1.97. The van der Waals surface area contributed by atoms with Crippen molar-refractivity contribution in [2.75, 3.05) is 19.3 Å². The van der Waals surface area contributed by atoms with Crippen molar-refractivity contribution in [2.24, 2.45) is 0 Å². The van der Waals surface area contributed by atoms with E-state index in [-0.39, 0.29) is 17.9 Å². The largest absolute Gasteiger partial charge is 0.384 e. The topological polar surface area (TPSA) is 100 Å². The molecule has 30 heavy (non-hydrogen) atoms. The molecule has 3 rings (SSSR count). The summed E-state index contributed by atoms with van der Waals surface area (Å²) in [4.78, 5) is 31.7. The zero-order chi connectivity index (χ0) is 21.7. The molecule has 2 amide bonds. The van der Waals surface area contributed by atoms with Gasteiger partial charge in [0.1, 0.15) is 11.9 Å². The Morgan fingerprint density at radius 1 is 1.23 bits per heavy atom. The summed E-state index contributed by atoms with van der Waals surface area (Å²) in [6.45, 7) is 4.75. The smallest absolute Gasteiger partial charge is 0.242 e. The number of nitrogen functional groups attached to an aromatic ring is 1. The fraction of sp³-hybridized carbons (Fsp3) is 0.435. The molecule has 0 radical (unpaired) electrons. The molecule has 1 aliphatic heterocycles. The summed E-state index contributed by atoms with van der Waals surface area (Å²) in [5.41, 5.74) is 8.61. The van der Waals surface area contributed by atoms with Crippen LogP contribution < -0.4 is 16.4 Å². The van der Waals surface area contributed by atoms with Crippen molar-refractivity contribution < 1.29 is 9.59 Å². The molecule has 4 N–H and O–H groups in total. The number of nitrogens with two attached hydrogens (primary N) is 1. The Balaban J connectivity index is 1.55. The van der Waals surface area contributed by atoms with Crippen LogP contribution in [-0.2, 0) is 16.1 Å². The van der Waals surface area contributed by atoms with Gasteiger partial charge in [0.25, 0.3) is 0 Å². The summed E-state index contributed by atoms with van der Waals surface area (Å²) in [5, 5.41) is 5.75. The third-order valence-electron chi connectivity index (χ3n) is 5.87. The third kappa shape index (κ3) is 5.36. The van der Waals surface area contributed by atoms with Crippen molar-refractivity contribution in [3.05, 3.63) is 59.3 Å². The van der Waals surface area contributed by atoms with Gasteiger partial charge in [-0.1, -0.05) is 36.4 Å². The molecule has 0 aliphatic carbocycles. The monoisotopic (exact) mass is 409 g/mol. The van der Waals surface area contributed by atoms with E-state index in [1.54, 1.807) is 13.0 Å². The molecular formula is C23H31N5O2. The lowest BCUT2D eigenvalue weighted by molar-refractivity contribution is -0.132. The van der Waals surface area contributed by atoms with Crippen LogP contribution in [0.25, 0.3) is 0 Å². The van der Waals surface area contributed by atoms with Crippen LogP contribution in [0.5, 0.6) is 0 Å². The third-order valence-corrected chi connectivity index (χ3v) is 5.87. The first-order valence-corrected chi connectivity index (χ1v) is 10.4. The summed E-state index contributed by atoms with van der Waals surface area (Å²) >= 11 is 0. The zero-order valence-electron chi connectivity index (χ0n) is 17.9. The maximum atomic E-state index is 12.9. The van der Waals surface area contributed by atoms with Gasteiger partial charge in [-0.3, -0.25) is 14.5 Å². The second kappa shape index (κ2) is 9.71. The summed E-state index contributed by atoms with van der Waals surface area (Å²) in [5.74, 6) is 0.473. The minimum Gasteiger partial charge on any atom is -0.384 e. The molecule has 0 bridgehead atoms. The SMILES string of the molecule is Cc1nc(N)ccc1CNC(=O)[C@H](C)NC(=O)C1CC(c2ccccc2)CCN1C. The number of hydrogen-bond acceptors (Lipinski definition) is 5. The number of anilines is 1. The van der Waals surface area contributed by atoms with Gasteiger partial charge in [-0.2, -0.15) is 0 Å². The van der Waals surface area contributed by atoms with Gasteiger partial charge in [-0.05, 0) is 63.4 Å². The number of nitrogens with zero attached hydrogens (tertiary/aromatic N) is 2. The Bertz CT molecular complexity index is 886. The summed E-state index contributed by atoms with van der Waals surface area (Å²) in [7, 11) is 1.97. The van der Waals surface area contributed by atoms with Crippen molar-refractivity contribution in [1.82, 2.24) is 20.5 Å². The van der Waals surface area contributed by atoms with Gasteiger partial charge >= 0.3 is 0 Å². The minimum absolute atomic E-state index is 0.105. The number of likely N-dealkylation sites (N-methyl/N-ethyl adjacent to an activating group) is 1. The Hall–Kier alpha value is -2.93. The number of carbonyl (C=O) groups excluding carboxylic acids is 2. The van der Waals surface area contributed by atoms with E-state index in [9.17, 15) is 9.59 Å². The number of likely N-dealkylation sites (tertiary alicyclic amines) is 1. The number of piperidine rings is 1. The highest BCUT2D eigenvalue weighted by atomic mass is 16.2. The van der Waals surface area contributed by atoms with Crippen LogP contribution in [0.4, 0.5) is 5.82 Å². The van der Waals surface area contributed by atoms with E-state index in [4.69, 9.17) is 5.73 Å². The lowest BCUT2D eigenvalue weighted by Crippen LogP contribution is -2.53. The maximum Gasteiger partial charge on any atom is 0.242 e. The molecule has 7 nitrogen and oxygen atoms in total. The van der Waals surface area contributed by atoms with Gasteiger partial charge in [0.2, 0.25) is 11.8 Å². The van der Waals surface area contributed by atoms with Gasteiger partial charge in [-0.25, -0.2) is 4.98 Å². The molecule has 0 spiro atoms. The average Bonchev–Trinajstić information content (AvgIpc) is 2.73. The normalized spacial score (nSPS) is 20.4. The zero-order valence-corrected chi connectivity index (χ0v) is 17.9. The van der Waals surface area contributed by atoms with E-state index in [0.717, 1.165) is 30.6 Å². The Morgan fingerprint density at radius 3 is 2.67 bits per heavy atom. The first kappa shape index (κ1) is 21.8. The van der Waals surface area contributed by atoms with E-state index in [0.29, 0.717) is 18.3 Å². The van der Waals surface area contributed by atoms with Crippen molar-refractivity contribution in [2.45, 2.75) is 51.2 Å². The Kier molecular flexibility index (Phi) is 7.05. The predicted molar refractivity (Wildman–Crippen MR) is 118 cm³/mol. The number of aromatic nitrogens is 1. The fourth-order valence-corrected chi connectivity index (χ4v) is 3.92. The van der Waals surface area contributed by atoms with Gasteiger partial charge < -0.3 is 16.4 Å². The lowest BCUT2D eigenvalue weighted by Gasteiger charge is -2.36. The van der Waals surface area contributed by atoms with Crippen LogP contribution in [0.3, 0.4) is 0 Å². The van der Waals surface area contributed by atoms with Crippen LogP contribution in [0, 0.1) is 6.92 Å². The molecule has 0 saturated carbocycles. The Labute approximate surface area is 178 Å². The molecule has 1 aromatic carbocycles. The Morgan fingerprint density at radius 2 is 1.97 bits per heavy atom. The molecule has 2 aromatic rings. The summed E-state index contributed by atoms with van der Waals surface area (Å²) in [6.07, 6.45) is 1.77. The quantitative estimate of drug-likeness (QED) is 0.677. The molecule has 1 aromatic heterocycles. The minimum atomic E-state index is -0.620. The molecule has 1 saturated heterocycles. The number of aryl methyl sites for hydroxylation is 1. The van der Waals surface area contributed by atoms with E-state index < -0.39 is 6.04 Å². The van der Waals surface area contributed by atoms with E-state index >= 15 is 0 Å². The van der Waals surface area contributed by atoms with E-state index in [1.807, 2.05) is 38.2 Å². The molecule has 1 fully saturated rings. The molecule has 1 aliphatic rings. The number of hydrogen-bond donors (Lipinski definition) is 3. The van der Waals surface area contributed by atoms with Crippen LogP contribution in [-0.4, -0.2) is 47.4 Å². The van der Waals surface area contributed by atoms with Crippen LogP contribution in [0.2, 0.25) is 0 Å². The number of rotatable bonds is 6. The number of carbonyl (C=O) groups is 2. The number of nitrogens with one attached hydrogen (secondary N) is 2. The first-order chi connectivity index (χ1) is 14.3. The summed E-state index contributed by atoms with van der Waals surface area (Å²) in [6, 6.07) is 13.0. The van der Waals surface area contributed by atoms with Crippen molar-refractivity contribution >= 4 is 17.6 Å². The highest BCUT2D eigenvalue weighted by Crippen LogP contribution is 2.30. The van der Waals surface area contributed by atoms with Crippen LogP contribution >= 0.6 is 0 Å². The fourth-order valence-electron chi connectivity index (χ4n) is 3.92. The summed E-state index contributed by atoms with van der Waals surface area (Å²) < 4.78 is 0. The molecule has 2 unspecified atom stereocenters. The van der Waals surface area contributed by atoms with Gasteiger partial charge in [-0.15, -0.1) is 0 Å². The van der Waals surface area contributed by atoms with Crippen molar-refractivity contribution in [3.8, 4) is 0 Å². The van der Waals surface area contributed by atoms with Gasteiger partial charge in [0.15, 0.2) is 0 Å². The lowest BCUT2D eigenvalue weighted by atomic mass is 9.85. The second-order valence-corrected chi connectivity index (χ2v) is 8.06. The molecule has 3 atom stereocenters. The van der Waals surface area contributed by atoms with Crippen LogP contribution in [0.1, 0.15) is 42.5 Å². The number of pyridine rings is 1. The molecule has 7 heteroatoms. The van der Waals surface area contributed by atoms with Crippen LogP contribution in [0.15, 0.2) is 42.5 Å². The molecule has 2 heterocycles. The van der Waals surface area contributed by atoms with Gasteiger partial charge in [0, 0.05) is 12.2 Å². The standard InChI is InChI=1S/C23H31N5O2/c1-15-19(9-10-21(24)26-15)14-25-22(29)16(2)27-23(30)20-13-18(11-12-28(20)3)17-7-5-4-6-8-17/h4-10,16,18,20H,11-14H2,1-3H3,(H2,24,26)(H,25,29)(H,27,30)/t16-,18?,20?/m0/s1. The van der Waals surface area contributed by atoms with Crippen molar-refractivity contribution in [1.29, 1.82) is 0 Å².